The Labute approximate surface area is 161 Å². The summed E-state index contributed by atoms with van der Waals surface area (Å²) in [5.41, 5.74) is 3.43. The minimum atomic E-state index is -3.92. The van der Waals surface area contributed by atoms with Gasteiger partial charge in [0.2, 0.25) is 15.9 Å². The summed E-state index contributed by atoms with van der Waals surface area (Å²) in [5.74, 6) is -0.193. The van der Waals surface area contributed by atoms with E-state index in [-0.39, 0.29) is 10.6 Å². The van der Waals surface area contributed by atoms with Crippen molar-refractivity contribution in [1.29, 1.82) is 0 Å². The fraction of sp³-hybridized carbons (Fsp3) is 0.350. The summed E-state index contributed by atoms with van der Waals surface area (Å²) in [4.78, 5) is 12.6. The van der Waals surface area contributed by atoms with Crippen molar-refractivity contribution in [1.82, 2.24) is 4.72 Å². The zero-order chi connectivity index (χ0) is 20.2. The minimum absolute atomic E-state index is 0.00906. The van der Waals surface area contributed by atoms with Gasteiger partial charge < -0.3 is 10.1 Å². The quantitative estimate of drug-likeness (QED) is 0.760. The van der Waals surface area contributed by atoms with Crippen LogP contribution in [0.3, 0.4) is 0 Å². The van der Waals surface area contributed by atoms with Crippen LogP contribution >= 0.6 is 0 Å². The fourth-order valence-electron chi connectivity index (χ4n) is 2.78. The van der Waals surface area contributed by atoms with Crippen LogP contribution < -0.4 is 14.8 Å². The molecule has 7 heteroatoms. The smallest absolute Gasteiger partial charge is 0.244 e. The Bertz CT molecular complexity index is 939. The van der Waals surface area contributed by atoms with Gasteiger partial charge in [0.1, 0.15) is 10.6 Å². The first-order chi connectivity index (χ1) is 12.7. The number of methoxy groups -OCH3 is 1. The standard InChI is InChI=1S/C20H26N2O4S/c1-6-16-9-7-8-14(3)19(16)21-20(23)15(4)22-27(24,25)18-12-13(2)10-11-17(18)26-5/h7-12,15,22H,6H2,1-5H3,(H,21,23)/t15-/m1/s1. The normalized spacial score (nSPS) is 12.5. The Morgan fingerprint density at radius 1 is 1.19 bits per heavy atom. The molecule has 0 aromatic heterocycles. The highest BCUT2D eigenvalue weighted by Crippen LogP contribution is 2.25. The van der Waals surface area contributed by atoms with Crippen molar-refractivity contribution in [3.63, 3.8) is 0 Å². The number of nitrogens with one attached hydrogen (secondary N) is 2. The third-order valence-electron chi connectivity index (χ3n) is 4.32. The molecule has 0 heterocycles. The minimum Gasteiger partial charge on any atom is -0.495 e. The number of aryl methyl sites for hydroxylation is 3. The molecule has 2 aromatic rings. The molecule has 0 aliphatic carbocycles. The summed E-state index contributed by atoms with van der Waals surface area (Å²) in [5, 5.41) is 2.85. The fourth-order valence-corrected chi connectivity index (χ4v) is 4.23. The van der Waals surface area contributed by atoms with Gasteiger partial charge in [-0.15, -0.1) is 0 Å². The number of para-hydroxylation sites is 1. The van der Waals surface area contributed by atoms with Crippen molar-refractivity contribution in [2.45, 2.75) is 45.1 Å². The van der Waals surface area contributed by atoms with E-state index < -0.39 is 22.0 Å². The molecule has 2 rings (SSSR count). The Balaban J connectivity index is 2.23. The van der Waals surface area contributed by atoms with Crippen molar-refractivity contribution in [2.24, 2.45) is 0 Å². The SMILES string of the molecule is CCc1cccc(C)c1NC(=O)[C@@H](C)NS(=O)(=O)c1cc(C)ccc1OC. The van der Waals surface area contributed by atoms with Crippen molar-refractivity contribution >= 4 is 21.6 Å². The van der Waals surface area contributed by atoms with E-state index >= 15 is 0 Å². The molecule has 146 valence electrons. The highest BCUT2D eigenvalue weighted by molar-refractivity contribution is 7.89. The number of ether oxygens (including phenoxy) is 1. The number of anilines is 1. The van der Waals surface area contributed by atoms with Crippen molar-refractivity contribution in [3.8, 4) is 5.75 Å². The van der Waals surface area contributed by atoms with E-state index in [1.807, 2.05) is 32.0 Å². The lowest BCUT2D eigenvalue weighted by Crippen LogP contribution is -2.41. The Kier molecular flexibility index (Phi) is 6.62. The summed E-state index contributed by atoms with van der Waals surface area (Å²) in [6, 6.07) is 9.69. The lowest BCUT2D eigenvalue weighted by molar-refractivity contribution is -0.117. The van der Waals surface area contributed by atoms with E-state index in [1.165, 1.54) is 20.1 Å². The molecule has 0 spiro atoms. The predicted octanol–water partition coefficient (Wildman–Crippen LogP) is 3.18. The number of carbonyl (C=O) groups is 1. The summed E-state index contributed by atoms with van der Waals surface area (Å²) in [6.07, 6.45) is 0.762. The average molecular weight is 391 g/mol. The third kappa shape index (κ3) is 4.87. The van der Waals surface area contributed by atoms with E-state index in [1.54, 1.807) is 19.1 Å². The van der Waals surface area contributed by atoms with Crippen LogP contribution in [-0.2, 0) is 21.2 Å². The van der Waals surface area contributed by atoms with Crippen LogP contribution in [0.1, 0.15) is 30.5 Å². The van der Waals surface area contributed by atoms with Crippen LogP contribution in [0.25, 0.3) is 0 Å². The van der Waals surface area contributed by atoms with Crippen LogP contribution in [0.4, 0.5) is 5.69 Å². The van der Waals surface area contributed by atoms with Gasteiger partial charge in [0.05, 0.1) is 13.2 Å². The Hall–Kier alpha value is -2.38. The maximum absolute atomic E-state index is 12.8. The van der Waals surface area contributed by atoms with Gasteiger partial charge in [0.15, 0.2) is 0 Å². The second-order valence-electron chi connectivity index (χ2n) is 6.45. The molecule has 0 saturated heterocycles. The highest BCUT2D eigenvalue weighted by Gasteiger charge is 2.25. The molecule has 0 aliphatic heterocycles. The van der Waals surface area contributed by atoms with E-state index in [2.05, 4.69) is 10.0 Å². The summed E-state index contributed by atoms with van der Waals surface area (Å²) in [7, 11) is -2.52. The molecular formula is C20H26N2O4S. The van der Waals surface area contributed by atoms with Gasteiger partial charge in [-0.2, -0.15) is 4.72 Å². The second kappa shape index (κ2) is 8.54. The molecule has 0 fully saturated rings. The molecule has 0 unspecified atom stereocenters. The van der Waals surface area contributed by atoms with Crippen LogP contribution in [-0.4, -0.2) is 27.5 Å². The lowest BCUT2D eigenvalue weighted by Gasteiger charge is -2.18. The van der Waals surface area contributed by atoms with Gasteiger partial charge in [0.25, 0.3) is 0 Å². The largest absolute Gasteiger partial charge is 0.495 e. The van der Waals surface area contributed by atoms with E-state index in [0.29, 0.717) is 0 Å². The number of hydrogen-bond donors (Lipinski definition) is 2. The van der Waals surface area contributed by atoms with Crippen molar-refractivity contribution < 1.29 is 17.9 Å². The molecule has 2 aromatic carbocycles. The molecule has 1 amide bonds. The molecule has 0 aliphatic rings. The van der Waals surface area contributed by atoms with E-state index in [0.717, 1.165) is 28.8 Å². The molecule has 0 bridgehead atoms. The number of hydrogen-bond acceptors (Lipinski definition) is 4. The van der Waals surface area contributed by atoms with E-state index in [9.17, 15) is 13.2 Å². The molecule has 0 radical (unpaired) electrons. The number of benzene rings is 2. The van der Waals surface area contributed by atoms with Crippen LogP contribution in [0.5, 0.6) is 5.75 Å². The molecule has 6 nitrogen and oxygen atoms in total. The summed E-state index contributed by atoms with van der Waals surface area (Å²) in [6.45, 7) is 7.21. The number of rotatable bonds is 7. The van der Waals surface area contributed by atoms with Crippen LogP contribution in [0.15, 0.2) is 41.3 Å². The zero-order valence-electron chi connectivity index (χ0n) is 16.3. The Morgan fingerprint density at radius 3 is 2.52 bits per heavy atom. The van der Waals surface area contributed by atoms with Crippen molar-refractivity contribution in [2.75, 3.05) is 12.4 Å². The van der Waals surface area contributed by atoms with Crippen molar-refractivity contribution in [3.05, 3.63) is 53.1 Å². The Morgan fingerprint density at radius 2 is 1.89 bits per heavy atom. The molecule has 2 N–H and O–H groups in total. The first kappa shape index (κ1) is 20.9. The number of amides is 1. The summed E-state index contributed by atoms with van der Waals surface area (Å²) < 4.78 is 33.1. The highest BCUT2D eigenvalue weighted by atomic mass is 32.2. The monoisotopic (exact) mass is 390 g/mol. The first-order valence-corrected chi connectivity index (χ1v) is 10.2. The average Bonchev–Trinajstić information content (AvgIpc) is 2.62. The molecular weight excluding hydrogens is 364 g/mol. The van der Waals surface area contributed by atoms with Gasteiger partial charge in [-0.25, -0.2) is 8.42 Å². The lowest BCUT2D eigenvalue weighted by atomic mass is 10.1. The summed E-state index contributed by atoms with van der Waals surface area (Å²) >= 11 is 0. The number of carbonyl (C=O) groups excluding carboxylic acids is 1. The topological polar surface area (TPSA) is 84.5 Å². The third-order valence-corrected chi connectivity index (χ3v) is 5.88. The maximum atomic E-state index is 12.8. The van der Waals surface area contributed by atoms with Crippen LogP contribution in [0.2, 0.25) is 0 Å². The van der Waals surface area contributed by atoms with Gasteiger partial charge >= 0.3 is 0 Å². The predicted molar refractivity (Wildman–Crippen MR) is 107 cm³/mol. The van der Waals surface area contributed by atoms with Gasteiger partial charge in [-0.1, -0.05) is 31.2 Å². The van der Waals surface area contributed by atoms with Crippen LogP contribution in [0, 0.1) is 13.8 Å². The van der Waals surface area contributed by atoms with Gasteiger partial charge in [-0.05, 0) is 56.0 Å². The molecule has 0 saturated carbocycles. The van der Waals surface area contributed by atoms with Gasteiger partial charge in [-0.3, -0.25) is 4.79 Å². The number of sulfonamides is 1. The first-order valence-electron chi connectivity index (χ1n) is 8.76. The van der Waals surface area contributed by atoms with E-state index in [4.69, 9.17) is 4.74 Å². The second-order valence-corrected chi connectivity index (χ2v) is 8.13. The molecule has 27 heavy (non-hydrogen) atoms. The molecule has 1 atom stereocenters. The zero-order valence-corrected chi connectivity index (χ0v) is 17.1. The van der Waals surface area contributed by atoms with Gasteiger partial charge in [0, 0.05) is 5.69 Å². The maximum Gasteiger partial charge on any atom is 0.244 e.